The summed E-state index contributed by atoms with van der Waals surface area (Å²) in [4.78, 5) is 35.5. The average Bonchev–Trinajstić information content (AvgIpc) is 2.72. The highest BCUT2D eigenvalue weighted by molar-refractivity contribution is 6.46. The molecule has 1 aliphatic rings. The first-order valence-electron chi connectivity index (χ1n) is 9.31. The molecule has 1 atom stereocenters. The quantitative estimate of drug-likeness (QED) is 0.437. The molecule has 1 N–H and O–H groups in total. The molecule has 1 aliphatic heterocycles. The van der Waals surface area contributed by atoms with Gasteiger partial charge in [-0.3, -0.25) is 0 Å². The number of benzene rings is 2. The van der Waals surface area contributed by atoms with Crippen LogP contribution in [0.1, 0.15) is 46.0 Å². The van der Waals surface area contributed by atoms with Crippen molar-refractivity contribution in [3.8, 4) is 5.75 Å². The van der Waals surface area contributed by atoms with Crippen LogP contribution < -0.4 is 4.65 Å². The van der Waals surface area contributed by atoms with Gasteiger partial charge in [-0.05, 0) is 43.5 Å². The third-order valence-corrected chi connectivity index (χ3v) is 4.70. The van der Waals surface area contributed by atoms with Gasteiger partial charge in [0.25, 0.3) is 0 Å². The fraction of sp³-hybridized carbons (Fsp3) is 0.286. The molecular weight excluding hydrogens is 375 g/mol. The zero-order valence-corrected chi connectivity index (χ0v) is 16.0. The molecule has 0 amide bonds. The van der Waals surface area contributed by atoms with Crippen LogP contribution in [0.15, 0.2) is 48.5 Å². The van der Waals surface area contributed by atoms with Gasteiger partial charge in [0.05, 0.1) is 5.56 Å². The van der Waals surface area contributed by atoms with E-state index >= 15 is 0 Å². The van der Waals surface area contributed by atoms with Crippen molar-refractivity contribution in [2.45, 2.75) is 32.0 Å². The molecule has 2 aromatic carbocycles. The van der Waals surface area contributed by atoms with Crippen LogP contribution in [0.4, 0.5) is 0 Å². The minimum absolute atomic E-state index is 0.0466. The fourth-order valence-corrected chi connectivity index (χ4v) is 3.15. The van der Waals surface area contributed by atoms with Gasteiger partial charge in [-0.15, -0.1) is 0 Å². The van der Waals surface area contributed by atoms with Gasteiger partial charge in [-0.25, -0.2) is 9.59 Å². The molecule has 3 rings (SSSR count). The second-order valence-electron chi connectivity index (χ2n) is 6.85. The number of Topliss-reactive ketones (excluding diaryl/α,β-unsaturated/α-hetero) is 1. The first kappa shape index (κ1) is 20.6. The lowest BCUT2D eigenvalue weighted by atomic mass is 9.64. The number of carbonyl (C=O) groups excluding carboxylic acids is 3. The van der Waals surface area contributed by atoms with E-state index in [2.05, 4.69) is 0 Å². The van der Waals surface area contributed by atoms with Crippen molar-refractivity contribution in [2.24, 2.45) is 0 Å². The summed E-state index contributed by atoms with van der Waals surface area (Å²) in [6.45, 7) is 0.961. The Bertz CT molecular complexity index is 897. The third kappa shape index (κ3) is 5.23. The van der Waals surface area contributed by atoms with Gasteiger partial charge in [0, 0.05) is 12.2 Å². The molecule has 0 unspecified atom stereocenters. The fourth-order valence-electron chi connectivity index (χ4n) is 3.15. The van der Waals surface area contributed by atoms with Gasteiger partial charge >= 0.3 is 19.1 Å². The van der Waals surface area contributed by atoms with E-state index in [1.54, 1.807) is 42.5 Å². The molecule has 0 saturated carbocycles. The summed E-state index contributed by atoms with van der Waals surface area (Å²) in [5.74, 6) is -1.26. The van der Waals surface area contributed by atoms with Crippen molar-refractivity contribution in [1.29, 1.82) is 0 Å². The number of hydrogen-bond acceptors (Lipinski definition) is 7. The Morgan fingerprint density at radius 3 is 2.52 bits per heavy atom. The number of fused-ring (bicyclic) bond motifs is 1. The van der Waals surface area contributed by atoms with Gasteiger partial charge in [-0.2, -0.15) is 0 Å². The predicted molar refractivity (Wildman–Crippen MR) is 105 cm³/mol. The van der Waals surface area contributed by atoms with Crippen molar-refractivity contribution in [3.05, 3.63) is 65.2 Å². The van der Waals surface area contributed by atoms with Crippen molar-refractivity contribution >= 4 is 24.8 Å². The van der Waals surface area contributed by atoms with E-state index in [0.717, 1.165) is 5.56 Å². The first-order valence-corrected chi connectivity index (χ1v) is 9.31. The molecule has 0 fully saturated rings. The highest BCUT2D eigenvalue weighted by atomic mass is 16.7. The zero-order valence-electron chi connectivity index (χ0n) is 16.0. The molecule has 0 radical (unpaired) electrons. The number of ether oxygens (including phenoxy) is 2. The summed E-state index contributed by atoms with van der Waals surface area (Å²) in [5.41, 5.74) is 1.24. The van der Waals surface area contributed by atoms with Crippen LogP contribution in [-0.2, 0) is 20.7 Å². The molecule has 0 spiro atoms. The zero-order chi connectivity index (χ0) is 20.8. The first-order chi connectivity index (χ1) is 14.0. The molecule has 7 nitrogen and oxygen atoms in total. The Morgan fingerprint density at radius 1 is 1.07 bits per heavy atom. The van der Waals surface area contributed by atoms with Crippen molar-refractivity contribution in [1.82, 2.24) is 0 Å². The minimum Gasteiger partial charge on any atom is -0.535 e. The monoisotopic (exact) mass is 396 g/mol. The smallest absolute Gasteiger partial charge is 0.526 e. The Hall–Kier alpha value is -3.13. The average molecular weight is 396 g/mol. The topological polar surface area (TPSA) is 99.1 Å². The second kappa shape index (κ2) is 9.38. The lowest BCUT2D eigenvalue weighted by Gasteiger charge is -2.28. The van der Waals surface area contributed by atoms with Crippen LogP contribution in [0, 0.1) is 0 Å². The van der Waals surface area contributed by atoms with Gasteiger partial charge in [0.1, 0.15) is 17.1 Å². The largest absolute Gasteiger partial charge is 0.535 e. The molecule has 8 heteroatoms. The van der Waals surface area contributed by atoms with Gasteiger partial charge in [0.2, 0.25) is 6.79 Å². The molecule has 0 aromatic heterocycles. The Kier molecular flexibility index (Phi) is 6.67. The Balaban J connectivity index is 1.61. The summed E-state index contributed by atoms with van der Waals surface area (Å²) in [5, 5.41) is 10.3. The standard InChI is InChI=1S/C21H21BO7/c1-14(23)10-11-17-12-16-8-5-9-18(19(16)29-22(17)26)21(25)28-13-27-20(24)15-6-3-2-4-7-15/h2-9,17,26H,10-13H2,1H3/t17-/m0/s1. The van der Waals surface area contributed by atoms with Crippen LogP contribution in [0.25, 0.3) is 0 Å². The number of ketones is 1. The lowest BCUT2D eigenvalue weighted by Crippen LogP contribution is -2.35. The summed E-state index contributed by atoms with van der Waals surface area (Å²) >= 11 is 0. The highest BCUT2D eigenvalue weighted by Gasteiger charge is 2.36. The van der Waals surface area contributed by atoms with Crippen LogP contribution in [0.3, 0.4) is 0 Å². The highest BCUT2D eigenvalue weighted by Crippen LogP contribution is 2.36. The van der Waals surface area contributed by atoms with Gasteiger partial charge < -0.3 is 23.9 Å². The molecule has 1 heterocycles. The number of esters is 2. The molecule has 0 bridgehead atoms. The van der Waals surface area contributed by atoms with E-state index in [-0.39, 0.29) is 22.9 Å². The van der Waals surface area contributed by atoms with Crippen LogP contribution in [0.2, 0.25) is 5.82 Å². The summed E-state index contributed by atoms with van der Waals surface area (Å²) in [6.07, 6.45) is 1.34. The van der Waals surface area contributed by atoms with Crippen LogP contribution in [-0.4, -0.2) is 36.7 Å². The van der Waals surface area contributed by atoms with Crippen LogP contribution >= 0.6 is 0 Å². The van der Waals surface area contributed by atoms with Crippen molar-refractivity contribution < 1.29 is 33.5 Å². The molecule has 2 aromatic rings. The number of para-hydroxylation sites is 1. The number of carbonyl (C=O) groups is 3. The lowest BCUT2D eigenvalue weighted by molar-refractivity contribution is -0.117. The second-order valence-corrected chi connectivity index (χ2v) is 6.85. The Labute approximate surface area is 168 Å². The van der Waals surface area contributed by atoms with E-state index in [1.165, 1.54) is 13.0 Å². The van der Waals surface area contributed by atoms with E-state index in [0.29, 0.717) is 24.8 Å². The summed E-state index contributed by atoms with van der Waals surface area (Å²) in [6, 6.07) is 13.4. The summed E-state index contributed by atoms with van der Waals surface area (Å²) < 4.78 is 15.6. The normalized spacial score (nSPS) is 15.1. The third-order valence-electron chi connectivity index (χ3n) is 4.70. The van der Waals surface area contributed by atoms with Crippen molar-refractivity contribution in [2.75, 3.05) is 6.79 Å². The molecule has 0 saturated heterocycles. The molecule has 29 heavy (non-hydrogen) atoms. The van der Waals surface area contributed by atoms with Gasteiger partial charge in [-0.1, -0.05) is 30.3 Å². The minimum atomic E-state index is -1.12. The molecule has 150 valence electrons. The maximum Gasteiger partial charge on any atom is 0.526 e. The van der Waals surface area contributed by atoms with E-state index in [9.17, 15) is 19.4 Å². The predicted octanol–water partition coefficient (Wildman–Crippen LogP) is 2.81. The maximum absolute atomic E-state index is 12.4. The number of rotatable bonds is 7. The SMILES string of the molecule is CC(=O)CC[C@H]1Cc2cccc(C(=O)OCOC(=O)c3ccccc3)c2OB1O. The van der Waals surface area contributed by atoms with Crippen molar-refractivity contribution in [3.63, 3.8) is 0 Å². The Morgan fingerprint density at radius 2 is 1.79 bits per heavy atom. The number of hydrogen-bond donors (Lipinski definition) is 1. The van der Waals surface area contributed by atoms with Gasteiger partial charge in [0.15, 0.2) is 0 Å². The maximum atomic E-state index is 12.4. The van der Waals surface area contributed by atoms with E-state index in [4.69, 9.17) is 14.1 Å². The molecular formula is C21H21BO7. The van der Waals surface area contributed by atoms with Crippen LogP contribution in [0.5, 0.6) is 5.75 Å². The van der Waals surface area contributed by atoms with E-state index < -0.39 is 25.8 Å². The summed E-state index contributed by atoms with van der Waals surface area (Å²) in [7, 11) is -1.12. The van der Waals surface area contributed by atoms with E-state index in [1.807, 2.05) is 0 Å². The molecule has 0 aliphatic carbocycles.